The maximum Gasteiger partial charge on any atom is 0.405 e. The number of halogens is 2. The smallest absolute Gasteiger partial charge is 0.405 e. The summed E-state index contributed by atoms with van der Waals surface area (Å²) in [5.74, 6) is -1.34. The van der Waals surface area contributed by atoms with Crippen molar-refractivity contribution in [3.8, 4) is 5.75 Å². The summed E-state index contributed by atoms with van der Waals surface area (Å²) in [6, 6.07) is 8.97. The summed E-state index contributed by atoms with van der Waals surface area (Å²) in [6.07, 6.45) is -1.54. The zero-order valence-corrected chi connectivity index (χ0v) is 14.7. The second-order valence-electron chi connectivity index (χ2n) is 5.91. The Morgan fingerprint density at radius 1 is 1.11 bits per heavy atom. The van der Waals surface area contributed by atoms with Crippen LogP contribution in [0.25, 0.3) is 0 Å². The summed E-state index contributed by atoms with van der Waals surface area (Å²) >= 11 is 0. The highest BCUT2D eigenvalue weighted by molar-refractivity contribution is 5.88. The van der Waals surface area contributed by atoms with Gasteiger partial charge >= 0.3 is 6.09 Å². The number of rotatable bonds is 9. The summed E-state index contributed by atoms with van der Waals surface area (Å²) in [7, 11) is 1.55. The van der Waals surface area contributed by atoms with Gasteiger partial charge in [-0.25, -0.2) is 13.6 Å². The Morgan fingerprint density at radius 3 is 2.44 bits per heavy atom. The number of carboxylic acid groups (broad SMARTS) is 1. The van der Waals surface area contributed by atoms with Gasteiger partial charge < -0.3 is 20.5 Å². The highest BCUT2D eigenvalue weighted by Crippen LogP contribution is 2.13. The lowest BCUT2D eigenvalue weighted by Crippen LogP contribution is -2.45. The molecule has 0 saturated heterocycles. The van der Waals surface area contributed by atoms with Gasteiger partial charge in [0.1, 0.15) is 17.4 Å². The molecule has 0 aliphatic carbocycles. The van der Waals surface area contributed by atoms with Crippen molar-refractivity contribution in [2.24, 2.45) is 0 Å². The molecule has 0 bridgehead atoms. The van der Waals surface area contributed by atoms with Crippen LogP contribution in [0.4, 0.5) is 13.6 Å². The Morgan fingerprint density at radius 2 is 1.81 bits per heavy atom. The number of hydrogen-bond acceptors (Lipinski definition) is 4. The lowest BCUT2D eigenvalue weighted by molar-refractivity contribution is -0.120. The molecule has 2 aromatic carbocycles. The topological polar surface area (TPSA) is 87.7 Å². The van der Waals surface area contributed by atoms with Crippen molar-refractivity contribution < 1.29 is 28.2 Å². The molecule has 3 N–H and O–H groups in total. The molecule has 0 spiro atoms. The number of Topliss-reactive ketones (excluding diaryl/α,β-unsaturated/α-hetero) is 1. The molecule has 1 amide bonds. The predicted octanol–water partition coefficient (Wildman–Crippen LogP) is 2.51. The van der Waals surface area contributed by atoms with E-state index in [4.69, 9.17) is 9.84 Å². The fraction of sp³-hybridized carbons (Fsp3) is 0.263. The molecule has 0 unspecified atom stereocenters. The first-order valence-corrected chi connectivity index (χ1v) is 8.18. The van der Waals surface area contributed by atoms with E-state index in [0.717, 1.165) is 17.7 Å². The highest BCUT2D eigenvalue weighted by atomic mass is 19.1. The summed E-state index contributed by atoms with van der Waals surface area (Å²) in [6.45, 7) is 0.261. The third-order valence-corrected chi connectivity index (χ3v) is 3.81. The zero-order chi connectivity index (χ0) is 19.8. The zero-order valence-electron chi connectivity index (χ0n) is 14.7. The van der Waals surface area contributed by atoms with E-state index in [-0.39, 0.29) is 18.5 Å². The largest absolute Gasteiger partial charge is 0.497 e. The quantitative estimate of drug-likeness (QED) is 0.624. The Balaban J connectivity index is 1.98. The number of methoxy groups -OCH3 is 1. The molecule has 1 atom stereocenters. The summed E-state index contributed by atoms with van der Waals surface area (Å²) in [5, 5.41) is 14.0. The second kappa shape index (κ2) is 9.63. The number of nitrogens with one attached hydrogen (secondary N) is 2. The lowest BCUT2D eigenvalue weighted by Gasteiger charge is -2.16. The van der Waals surface area contributed by atoms with Gasteiger partial charge in [0.05, 0.1) is 19.7 Å². The molecule has 144 valence electrons. The standard InChI is InChI=1S/C19H20F2N2O4/c1-27-16-4-2-3-12(7-16)10-22-11-18(24)17(23-19(25)26)8-13-5-14(20)9-15(21)6-13/h2-7,9,17,22-23H,8,10-11H2,1H3,(H,25,26)/t17-/m0/s1. The molecular weight excluding hydrogens is 358 g/mol. The van der Waals surface area contributed by atoms with Crippen molar-refractivity contribution in [1.29, 1.82) is 0 Å². The van der Waals surface area contributed by atoms with Gasteiger partial charge in [-0.1, -0.05) is 12.1 Å². The van der Waals surface area contributed by atoms with Gasteiger partial charge in [-0.2, -0.15) is 0 Å². The van der Waals surface area contributed by atoms with Crippen molar-refractivity contribution in [3.63, 3.8) is 0 Å². The first-order chi connectivity index (χ1) is 12.9. The minimum absolute atomic E-state index is 0.111. The van der Waals surface area contributed by atoms with E-state index in [1.807, 2.05) is 12.1 Å². The van der Waals surface area contributed by atoms with Crippen molar-refractivity contribution in [2.45, 2.75) is 19.0 Å². The van der Waals surface area contributed by atoms with Crippen LogP contribution in [0.3, 0.4) is 0 Å². The van der Waals surface area contributed by atoms with E-state index in [1.54, 1.807) is 19.2 Å². The highest BCUT2D eigenvalue weighted by Gasteiger charge is 2.21. The minimum Gasteiger partial charge on any atom is -0.497 e. The van der Waals surface area contributed by atoms with Crippen LogP contribution in [0.2, 0.25) is 0 Å². The summed E-state index contributed by atoms with van der Waals surface area (Å²) in [5.41, 5.74) is 1.07. The third kappa shape index (κ3) is 6.67. The normalized spacial score (nSPS) is 11.7. The number of carbonyl (C=O) groups excluding carboxylic acids is 1. The predicted molar refractivity (Wildman–Crippen MR) is 94.7 cm³/mol. The second-order valence-corrected chi connectivity index (χ2v) is 5.91. The van der Waals surface area contributed by atoms with Crippen molar-refractivity contribution in [3.05, 3.63) is 65.2 Å². The number of carbonyl (C=O) groups is 2. The SMILES string of the molecule is COc1cccc(CNCC(=O)[C@H](Cc2cc(F)cc(F)c2)NC(=O)O)c1. The van der Waals surface area contributed by atoms with Crippen LogP contribution in [0.15, 0.2) is 42.5 Å². The molecule has 2 rings (SSSR count). The number of ether oxygens (including phenoxy) is 1. The molecule has 0 radical (unpaired) electrons. The fourth-order valence-electron chi connectivity index (χ4n) is 2.59. The van der Waals surface area contributed by atoms with E-state index in [2.05, 4.69) is 10.6 Å². The van der Waals surface area contributed by atoms with E-state index < -0.39 is 29.6 Å². The number of amides is 1. The van der Waals surface area contributed by atoms with Gasteiger partial charge in [-0.3, -0.25) is 4.79 Å². The first kappa shape index (κ1) is 20.3. The van der Waals surface area contributed by atoms with Crippen LogP contribution in [0.1, 0.15) is 11.1 Å². The molecule has 0 aromatic heterocycles. The maximum atomic E-state index is 13.3. The average Bonchev–Trinajstić information content (AvgIpc) is 2.60. The third-order valence-electron chi connectivity index (χ3n) is 3.81. The molecule has 0 saturated carbocycles. The number of ketones is 1. The van der Waals surface area contributed by atoms with Crippen LogP contribution in [-0.4, -0.2) is 36.7 Å². The van der Waals surface area contributed by atoms with Crippen LogP contribution in [0.5, 0.6) is 5.75 Å². The van der Waals surface area contributed by atoms with E-state index in [0.29, 0.717) is 18.4 Å². The molecule has 0 heterocycles. The first-order valence-electron chi connectivity index (χ1n) is 8.18. The number of hydrogen-bond donors (Lipinski definition) is 3. The van der Waals surface area contributed by atoms with Gasteiger partial charge in [-0.05, 0) is 35.4 Å². The molecular formula is C19H20F2N2O4. The van der Waals surface area contributed by atoms with E-state index >= 15 is 0 Å². The molecule has 0 aliphatic heterocycles. The molecule has 0 fully saturated rings. The summed E-state index contributed by atoms with van der Waals surface area (Å²) in [4.78, 5) is 23.3. The van der Waals surface area contributed by atoms with Crippen molar-refractivity contribution in [1.82, 2.24) is 10.6 Å². The van der Waals surface area contributed by atoms with Crippen molar-refractivity contribution in [2.75, 3.05) is 13.7 Å². The monoisotopic (exact) mass is 378 g/mol. The molecule has 6 nitrogen and oxygen atoms in total. The number of benzene rings is 2. The van der Waals surface area contributed by atoms with E-state index in [9.17, 15) is 18.4 Å². The molecule has 27 heavy (non-hydrogen) atoms. The Bertz CT molecular complexity index is 794. The van der Waals surface area contributed by atoms with Gasteiger partial charge in [0.25, 0.3) is 0 Å². The van der Waals surface area contributed by atoms with Gasteiger partial charge in [-0.15, -0.1) is 0 Å². The van der Waals surface area contributed by atoms with Crippen LogP contribution >= 0.6 is 0 Å². The molecule has 0 aliphatic rings. The average molecular weight is 378 g/mol. The van der Waals surface area contributed by atoms with Crippen molar-refractivity contribution >= 4 is 11.9 Å². The van der Waals surface area contributed by atoms with Gasteiger partial charge in [0.15, 0.2) is 5.78 Å². The fourth-order valence-corrected chi connectivity index (χ4v) is 2.59. The van der Waals surface area contributed by atoms with Gasteiger partial charge in [0.2, 0.25) is 0 Å². The van der Waals surface area contributed by atoms with Gasteiger partial charge in [0, 0.05) is 19.0 Å². The summed E-state index contributed by atoms with van der Waals surface area (Å²) < 4.78 is 31.7. The lowest BCUT2D eigenvalue weighted by atomic mass is 10.0. The molecule has 2 aromatic rings. The Hall–Kier alpha value is -3.00. The minimum atomic E-state index is -1.39. The van der Waals surface area contributed by atoms with Crippen LogP contribution < -0.4 is 15.4 Å². The maximum absolute atomic E-state index is 13.3. The van der Waals surface area contributed by atoms with E-state index in [1.165, 1.54) is 0 Å². The van der Waals surface area contributed by atoms with Crippen LogP contribution in [-0.2, 0) is 17.8 Å². The molecule has 8 heteroatoms. The Kier molecular flexibility index (Phi) is 7.25. The Labute approximate surface area is 155 Å². The van der Waals surface area contributed by atoms with Crippen LogP contribution in [0, 0.1) is 11.6 Å².